The van der Waals surface area contributed by atoms with Gasteiger partial charge in [-0.2, -0.15) is 0 Å². The van der Waals surface area contributed by atoms with Crippen LogP contribution >= 0.6 is 11.6 Å². The van der Waals surface area contributed by atoms with Gasteiger partial charge in [0.05, 0.1) is 0 Å². The summed E-state index contributed by atoms with van der Waals surface area (Å²) in [7, 11) is 0. The van der Waals surface area contributed by atoms with Gasteiger partial charge in [-0.25, -0.2) is 0 Å². The molecular weight excluding hydrogens is 184 g/mol. The van der Waals surface area contributed by atoms with Crippen LogP contribution in [-0.4, -0.2) is 5.24 Å². The molecule has 0 atom stereocenters. The van der Waals surface area contributed by atoms with E-state index in [1.54, 1.807) is 6.08 Å². The third kappa shape index (κ3) is 1.99. The Morgan fingerprint density at radius 2 is 2.31 bits per heavy atom. The van der Waals surface area contributed by atoms with E-state index in [9.17, 15) is 4.79 Å². The zero-order valence-corrected chi connectivity index (χ0v) is 8.27. The van der Waals surface area contributed by atoms with Gasteiger partial charge < -0.3 is 0 Å². The van der Waals surface area contributed by atoms with Gasteiger partial charge in [-0.15, -0.1) is 0 Å². The third-order valence-corrected chi connectivity index (χ3v) is 2.17. The summed E-state index contributed by atoms with van der Waals surface area (Å²) in [6.07, 6.45) is 2.45. The second-order valence-corrected chi connectivity index (χ2v) is 3.06. The molecule has 0 bridgehead atoms. The van der Waals surface area contributed by atoms with E-state index < -0.39 is 5.24 Å². The summed E-state index contributed by atoms with van der Waals surface area (Å²) in [6, 6.07) is 5.64. The van der Waals surface area contributed by atoms with Crippen molar-refractivity contribution in [2.75, 3.05) is 0 Å². The van der Waals surface area contributed by atoms with Gasteiger partial charge in [0.2, 0.25) is 0 Å². The van der Waals surface area contributed by atoms with E-state index >= 15 is 0 Å². The summed E-state index contributed by atoms with van der Waals surface area (Å²) >= 11 is 5.48. The number of benzene rings is 1. The van der Waals surface area contributed by atoms with Crippen molar-refractivity contribution >= 4 is 22.9 Å². The second kappa shape index (κ2) is 4.24. The van der Waals surface area contributed by atoms with Gasteiger partial charge in [0.25, 0.3) is 5.24 Å². The first-order valence-corrected chi connectivity index (χ1v) is 4.52. The molecule has 0 saturated heterocycles. The first-order chi connectivity index (χ1) is 6.20. The van der Waals surface area contributed by atoms with E-state index in [4.69, 9.17) is 11.6 Å². The highest BCUT2D eigenvalue weighted by Crippen LogP contribution is 2.18. The maximum Gasteiger partial charge on any atom is 0.253 e. The Labute approximate surface area is 83.0 Å². The molecule has 13 heavy (non-hydrogen) atoms. The Hall–Kier alpha value is -1.08. The summed E-state index contributed by atoms with van der Waals surface area (Å²) in [6.45, 7) is 5.63. The van der Waals surface area contributed by atoms with Crippen LogP contribution in [0, 0.1) is 0 Å². The van der Waals surface area contributed by atoms with Gasteiger partial charge in [-0.1, -0.05) is 37.8 Å². The number of halogens is 1. The highest BCUT2D eigenvalue weighted by molar-refractivity contribution is 6.68. The van der Waals surface area contributed by atoms with E-state index in [0.29, 0.717) is 5.56 Å². The number of hydrogen-bond acceptors (Lipinski definition) is 1. The zero-order valence-electron chi connectivity index (χ0n) is 7.51. The summed E-state index contributed by atoms with van der Waals surface area (Å²) < 4.78 is 0. The third-order valence-electron chi connectivity index (χ3n) is 1.98. The molecule has 0 aliphatic carbocycles. The maximum absolute atomic E-state index is 11.1. The molecule has 0 aliphatic rings. The number of hydrogen-bond donors (Lipinski definition) is 0. The predicted molar refractivity (Wildman–Crippen MR) is 56.1 cm³/mol. The Balaban J connectivity index is 3.38. The average molecular weight is 195 g/mol. The topological polar surface area (TPSA) is 17.1 Å². The summed E-state index contributed by atoms with van der Waals surface area (Å²) in [5.41, 5.74) is 2.36. The van der Waals surface area contributed by atoms with Crippen molar-refractivity contribution in [3.05, 3.63) is 41.5 Å². The molecule has 1 nitrogen and oxygen atoms in total. The minimum Gasteiger partial charge on any atom is -0.276 e. The molecule has 0 fully saturated rings. The first kappa shape index (κ1) is 10.0. The van der Waals surface area contributed by atoms with Crippen molar-refractivity contribution in [2.45, 2.75) is 13.3 Å². The molecule has 2 heteroatoms. The zero-order chi connectivity index (χ0) is 9.84. The van der Waals surface area contributed by atoms with Crippen LogP contribution in [0.4, 0.5) is 0 Å². The number of carbonyl (C=O) groups is 1. The average Bonchev–Trinajstić information content (AvgIpc) is 2.16. The van der Waals surface area contributed by atoms with Gasteiger partial charge in [0.1, 0.15) is 0 Å². The predicted octanol–water partition coefficient (Wildman–Crippen LogP) is 3.27. The maximum atomic E-state index is 11.1. The van der Waals surface area contributed by atoms with Crippen molar-refractivity contribution in [1.82, 2.24) is 0 Å². The highest BCUT2D eigenvalue weighted by atomic mass is 35.5. The molecule has 0 aliphatic heterocycles. The fourth-order valence-corrected chi connectivity index (χ4v) is 1.55. The Kier molecular flexibility index (Phi) is 3.26. The molecule has 0 aromatic heterocycles. The van der Waals surface area contributed by atoms with Crippen LogP contribution in [0.2, 0.25) is 0 Å². The van der Waals surface area contributed by atoms with E-state index in [0.717, 1.165) is 17.5 Å². The molecule has 0 amide bonds. The lowest BCUT2D eigenvalue weighted by Gasteiger charge is -2.06. The molecule has 0 heterocycles. The van der Waals surface area contributed by atoms with Gasteiger partial charge in [0.15, 0.2) is 0 Å². The van der Waals surface area contributed by atoms with Crippen LogP contribution in [0.3, 0.4) is 0 Å². The highest BCUT2D eigenvalue weighted by Gasteiger charge is 2.10. The quantitative estimate of drug-likeness (QED) is 0.675. The number of rotatable bonds is 3. The summed E-state index contributed by atoms with van der Waals surface area (Å²) in [4.78, 5) is 11.1. The summed E-state index contributed by atoms with van der Waals surface area (Å²) in [5.74, 6) is 0. The van der Waals surface area contributed by atoms with E-state index in [-0.39, 0.29) is 0 Å². The molecule has 0 unspecified atom stereocenters. The largest absolute Gasteiger partial charge is 0.276 e. The van der Waals surface area contributed by atoms with Crippen LogP contribution in [0.25, 0.3) is 6.08 Å². The SMILES string of the molecule is C=Cc1cccc(CC)c1C(=O)Cl. The molecule has 0 spiro atoms. The molecular formula is C11H11ClO. The lowest BCUT2D eigenvalue weighted by Crippen LogP contribution is -1.99. The fraction of sp³-hybridized carbons (Fsp3) is 0.182. The van der Waals surface area contributed by atoms with Crippen LogP contribution in [0.1, 0.15) is 28.4 Å². The van der Waals surface area contributed by atoms with Gasteiger partial charge >= 0.3 is 0 Å². The van der Waals surface area contributed by atoms with E-state index in [2.05, 4.69) is 6.58 Å². The van der Waals surface area contributed by atoms with Crippen molar-refractivity contribution in [3.63, 3.8) is 0 Å². The van der Waals surface area contributed by atoms with Crippen molar-refractivity contribution < 1.29 is 4.79 Å². The first-order valence-electron chi connectivity index (χ1n) is 4.14. The standard InChI is InChI=1S/C11H11ClO/c1-3-8-6-5-7-9(4-2)10(8)11(12)13/h3,5-7H,1,4H2,2H3. The molecule has 0 saturated carbocycles. The van der Waals surface area contributed by atoms with Crippen molar-refractivity contribution in [3.8, 4) is 0 Å². The Bertz CT molecular complexity index is 342. The molecule has 1 aromatic rings. The van der Waals surface area contributed by atoms with Crippen LogP contribution in [0.15, 0.2) is 24.8 Å². The Morgan fingerprint density at radius 1 is 1.62 bits per heavy atom. The summed E-state index contributed by atoms with van der Waals surface area (Å²) in [5, 5.41) is -0.410. The molecule has 0 radical (unpaired) electrons. The van der Waals surface area contributed by atoms with Crippen LogP contribution in [0.5, 0.6) is 0 Å². The second-order valence-electron chi connectivity index (χ2n) is 2.71. The van der Waals surface area contributed by atoms with E-state index in [1.807, 2.05) is 25.1 Å². The molecule has 68 valence electrons. The normalized spacial score (nSPS) is 9.69. The number of aryl methyl sites for hydroxylation is 1. The van der Waals surface area contributed by atoms with Crippen molar-refractivity contribution in [1.29, 1.82) is 0 Å². The van der Waals surface area contributed by atoms with Crippen molar-refractivity contribution in [2.24, 2.45) is 0 Å². The lowest BCUT2D eigenvalue weighted by atomic mass is 10.0. The minimum atomic E-state index is -0.410. The minimum absolute atomic E-state index is 0.410. The van der Waals surface area contributed by atoms with Crippen LogP contribution in [-0.2, 0) is 6.42 Å². The smallest absolute Gasteiger partial charge is 0.253 e. The number of carbonyl (C=O) groups excluding carboxylic acids is 1. The van der Waals surface area contributed by atoms with E-state index in [1.165, 1.54) is 0 Å². The van der Waals surface area contributed by atoms with Gasteiger partial charge in [-0.05, 0) is 29.1 Å². The molecule has 1 aromatic carbocycles. The fourth-order valence-electron chi connectivity index (χ4n) is 1.32. The van der Waals surface area contributed by atoms with Gasteiger partial charge in [0, 0.05) is 5.56 Å². The lowest BCUT2D eigenvalue weighted by molar-refractivity contribution is 0.108. The monoisotopic (exact) mass is 194 g/mol. The Morgan fingerprint density at radius 3 is 2.77 bits per heavy atom. The van der Waals surface area contributed by atoms with Gasteiger partial charge in [-0.3, -0.25) is 4.79 Å². The molecule has 1 rings (SSSR count). The van der Waals surface area contributed by atoms with Crippen LogP contribution < -0.4 is 0 Å². The molecule has 0 N–H and O–H groups in total.